The lowest BCUT2D eigenvalue weighted by atomic mass is 8.92. The Morgan fingerprint density at radius 3 is 2.09 bits per heavy atom. The molecule has 9 rings (SSSR count). The maximum Gasteiger partial charge on any atom is 0.416 e. The van der Waals surface area contributed by atoms with Crippen LogP contribution >= 0.6 is 22.9 Å². The van der Waals surface area contributed by atoms with E-state index in [1.54, 1.807) is 26.2 Å². The molecule has 1 N–H and O–H groups in total. The molecule has 1 unspecified atom stereocenters. The fourth-order valence-corrected chi connectivity index (χ4v) is 10.8. The molecule has 6 saturated carbocycles. The summed E-state index contributed by atoms with van der Waals surface area (Å²) in [6, 6.07) is 0.532. The van der Waals surface area contributed by atoms with Crippen LogP contribution in [-0.4, -0.2) is 50.1 Å². The topological polar surface area (TPSA) is 118 Å². The second-order valence-corrected chi connectivity index (χ2v) is 16.2. The van der Waals surface area contributed by atoms with Gasteiger partial charge in [-0.2, -0.15) is 0 Å². The number of carbonyl (C=O) groups excluding carboxylic acids is 2. The minimum absolute atomic E-state index is 0.0322. The number of amidine groups is 1. The number of aliphatic carboxylic acids is 1. The summed E-state index contributed by atoms with van der Waals surface area (Å²) in [4.78, 5) is 51.0. The van der Waals surface area contributed by atoms with Crippen LogP contribution in [0.3, 0.4) is 0 Å². The highest BCUT2D eigenvalue weighted by Crippen LogP contribution is 3.11. The normalized spacial score (nSPS) is 36.4. The predicted molar refractivity (Wildman–Crippen MR) is 157 cm³/mol. The summed E-state index contributed by atoms with van der Waals surface area (Å²) in [5.74, 6) is -3.78. The molecule has 2 aromatic rings. The van der Waals surface area contributed by atoms with Crippen LogP contribution in [0.1, 0.15) is 58.2 Å². The Hall–Kier alpha value is -3.38. The molecule has 6 fully saturated rings. The molecular formula is C32H30ClF2N3O6S. The Balaban J connectivity index is 1.30. The molecule has 0 spiro atoms. The first-order chi connectivity index (χ1) is 21.0. The third-order valence-electron chi connectivity index (χ3n) is 10.8. The fraction of sp³-hybridized carbons (Fsp3) is 0.531. The van der Waals surface area contributed by atoms with Crippen LogP contribution < -0.4 is 0 Å². The molecule has 45 heavy (non-hydrogen) atoms. The number of benzene rings is 1. The molecule has 1 aliphatic heterocycles. The zero-order valence-electron chi connectivity index (χ0n) is 25.2. The van der Waals surface area contributed by atoms with Crippen LogP contribution in [0, 0.1) is 58.0 Å². The molecule has 1 amide bonds. The van der Waals surface area contributed by atoms with E-state index in [-0.39, 0.29) is 64.1 Å². The van der Waals surface area contributed by atoms with Gasteiger partial charge in [0.1, 0.15) is 17.2 Å². The van der Waals surface area contributed by atoms with Crippen molar-refractivity contribution in [3.05, 3.63) is 62.2 Å². The Labute approximate surface area is 266 Å². The number of allylic oxidation sites excluding steroid dienone is 1. The number of carboxylic acids is 1. The SMILES string of the molecule is CC(C)(C)OC(=O)N1C(c2nccs2)=NC(C23C4C5C2C2C3C4C52C(=O)OC(C)(C)C)=C(C(=O)O)C1c1ccc(F)c(F)c1Cl. The number of amides is 1. The van der Waals surface area contributed by atoms with Gasteiger partial charge in [0.15, 0.2) is 22.5 Å². The fourth-order valence-electron chi connectivity index (χ4n) is 9.96. The summed E-state index contributed by atoms with van der Waals surface area (Å²) in [5, 5.41) is 12.2. The Morgan fingerprint density at radius 1 is 0.978 bits per heavy atom. The zero-order valence-corrected chi connectivity index (χ0v) is 26.8. The third-order valence-corrected chi connectivity index (χ3v) is 12.0. The predicted octanol–water partition coefficient (Wildman–Crippen LogP) is 6.23. The van der Waals surface area contributed by atoms with E-state index >= 15 is 4.39 Å². The Kier molecular flexibility index (Phi) is 5.49. The minimum Gasteiger partial charge on any atom is -0.478 e. The van der Waals surface area contributed by atoms with E-state index in [0.717, 1.165) is 11.0 Å². The highest BCUT2D eigenvalue weighted by molar-refractivity contribution is 7.11. The van der Waals surface area contributed by atoms with Crippen LogP contribution in [0.5, 0.6) is 0 Å². The van der Waals surface area contributed by atoms with E-state index in [1.165, 1.54) is 23.6 Å². The highest BCUT2D eigenvalue weighted by atomic mass is 35.5. The van der Waals surface area contributed by atoms with Gasteiger partial charge in [0, 0.05) is 22.6 Å². The molecule has 0 radical (unpaired) electrons. The van der Waals surface area contributed by atoms with Crippen LogP contribution in [0.25, 0.3) is 0 Å². The largest absolute Gasteiger partial charge is 0.478 e. The summed E-state index contributed by atoms with van der Waals surface area (Å²) in [6.45, 7) is 10.5. The molecule has 0 bridgehead atoms. The number of carboxylic acid groups (broad SMARTS) is 1. The van der Waals surface area contributed by atoms with Gasteiger partial charge in [0.2, 0.25) is 0 Å². The second kappa shape index (κ2) is 8.50. The Morgan fingerprint density at radius 2 is 1.58 bits per heavy atom. The maximum atomic E-state index is 15.0. The number of aromatic nitrogens is 1. The molecule has 1 aromatic heterocycles. The lowest BCUT2D eigenvalue weighted by Gasteiger charge is -3.10. The van der Waals surface area contributed by atoms with Crippen molar-refractivity contribution in [3.8, 4) is 0 Å². The van der Waals surface area contributed by atoms with E-state index in [4.69, 9.17) is 26.1 Å². The smallest absolute Gasteiger partial charge is 0.416 e. The number of nitrogens with zero attached hydrogens (tertiary/aromatic N) is 3. The van der Waals surface area contributed by atoms with Crippen LogP contribution in [0.15, 0.2) is 40.0 Å². The average molecular weight is 658 g/mol. The summed E-state index contributed by atoms with van der Waals surface area (Å²) in [5.41, 5.74) is -2.83. The summed E-state index contributed by atoms with van der Waals surface area (Å²) in [6.07, 6.45) is 0.582. The number of thiazole rings is 1. The van der Waals surface area contributed by atoms with Crippen molar-refractivity contribution in [2.45, 2.75) is 58.8 Å². The van der Waals surface area contributed by atoms with E-state index in [1.807, 2.05) is 20.8 Å². The zero-order chi connectivity index (χ0) is 32.3. The molecule has 1 aromatic carbocycles. The third kappa shape index (κ3) is 3.15. The molecule has 2 heterocycles. The number of carbonyl (C=O) groups is 3. The van der Waals surface area contributed by atoms with Crippen molar-refractivity contribution in [3.63, 3.8) is 0 Å². The molecular weight excluding hydrogens is 628 g/mol. The average Bonchev–Trinajstić information content (AvgIpc) is 3.48. The number of rotatable bonds is 5. The van der Waals surface area contributed by atoms with E-state index in [2.05, 4.69) is 4.98 Å². The van der Waals surface area contributed by atoms with E-state index in [9.17, 15) is 23.9 Å². The number of ether oxygens (including phenoxy) is 2. The summed E-state index contributed by atoms with van der Waals surface area (Å²) >= 11 is 7.58. The van der Waals surface area contributed by atoms with Crippen molar-refractivity contribution in [2.24, 2.45) is 51.3 Å². The molecule has 13 heteroatoms. The monoisotopic (exact) mass is 657 g/mol. The van der Waals surface area contributed by atoms with Crippen molar-refractivity contribution in [1.82, 2.24) is 9.88 Å². The van der Waals surface area contributed by atoms with Crippen molar-refractivity contribution < 1.29 is 37.7 Å². The summed E-state index contributed by atoms with van der Waals surface area (Å²) in [7, 11) is 0. The van der Waals surface area contributed by atoms with Gasteiger partial charge in [0.05, 0.1) is 21.7 Å². The van der Waals surface area contributed by atoms with Crippen LogP contribution in [0.4, 0.5) is 13.6 Å². The first-order valence-corrected chi connectivity index (χ1v) is 16.1. The Bertz CT molecular complexity index is 1760. The van der Waals surface area contributed by atoms with E-state index in [0.29, 0.717) is 5.01 Å². The number of hydrogen-bond donors (Lipinski definition) is 1. The number of esters is 1. The number of aliphatic imine (C=N–C) groups is 1. The highest BCUT2D eigenvalue weighted by Gasteiger charge is 3.12. The first kappa shape index (κ1) is 29.1. The van der Waals surface area contributed by atoms with Crippen molar-refractivity contribution in [2.75, 3.05) is 0 Å². The van der Waals surface area contributed by atoms with Gasteiger partial charge >= 0.3 is 18.0 Å². The maximum absolute atomic E-state index is 15.0. The van der Waals surface area contributed by atoms with Gasteiger partial charge in [-0.05, 0) is 83.1 Å². The lowest BCUT2D eigenvalue weighted by molar-refractivity contribution is -0.633. The molecule has 1 atom stereocenters. The van der Waals surface area contributed by atoms with Gasteiger partial charge in [-0.15, -0.1) is 11.3 Å². The number of hydrogen-bond acceptors (Lipinski definition) is 8. The van der Waals surface area contributed by atoms with Gasteiger partial charge in [-0.1, -0.05) is 17.7 Å². The quantitative estimate of drug-likeness (QED) is 0.299. The molecule has 9 nitrogen and oxygen atoms in total. The van der Waals surface area contributed by atoms with Crippen molar-refractivity contribution >= 4 is 46.8 Å². The van der Waals surface area contributed by atoms with Crippen molar-refractivity contribution in [1.29, 1.82) is 0 Å². The molecule has 236 valence electrons. The number of halogens is 3. The summed E-state index contributed by atoms with van der Waals surface area (Å²) < 4.78 is 40.8. The minimum atomic E-state index is -1.51. The van der Waals surface area contributed by atoms with Gasteiger partial charge < -0.3 is 14.6 Å². The van der Waals surface area contributed by atoms with E-state index < -0.39 is 56.8 Å². The van der Waals surface area contributed by atoms with Gasteiger partial charge in [-0.3, -0.25) is 4.79 Å². The lowest BCUT2D eigenvalue weighted by Crippen LogP contribution is -3.11. The van der Waals surface area contributed by atoms with Gasteiger partial charge in [-0.25, -0.2) is 33.2 Å². The standard InChI is InChI=1S/C32H30ClF2N3O6S/c1-29(2,3)43-27(41)32-17-14-18(32)16-19(32)15(17)31(14,16)23-13(26(39)40)22(11-7-8-12(34)21(35)20(11)33)38(28(42)44-30(4,5)6)24(37-23)25-36-9-10-45-25/h7-10,14-19,22H,1-6H3,(H,39,40). The van der Waals surface area contributed by atoms with Gasteiger partial charge in [0.25, 0.3) is 0 Å². The second-order valence-electron chi connectivity index (χ2n) is 14.9. The molecule has 0 saturated heterocycles. The van der Waals surface area contributed by atoms with Crippen LogP contribution in [-0.2, 0) is 19.1 Å². The molecule has 7 aliphatic rings. The first-order valence-electron chi connectivity index (χ1n) is 14.8. The molecule has 6 aliphatic carbocycles. The van der Waals surface area contributed by atoms with Crippen LogP contribution in [0.2, 0.25) is 5.02 Å².